The Labute approximate surface area is 202 Å². The number of hydrogen-bond donors (Lipinski definition) is 0. The molecule has 0 radical (unpaired) electrons. The molecule has 0 saturated heterocycles. The number of fused-ring (bicyclic) bond motifs is 2. The topological polar surface area (TPSA) is 53.5 Å². The summed E-state index contributed by atoms with van der Waals surface area (Å²) in [4.78, 5) is 9.92. The van der Waals surface area contributed by atoms with Crippen molar-refractivity contribution in [1.82, 2.24) is 9.97 Å². The molecule has 0 aliphatic rings. The molecular weight excluding hydrogens is 424 g/mol. The second-order valence-electron chi connectivity index (χ2n) is 8.67. The molecule has 0 bridgehead atoms. The van der Waals surface area contributed by atoms with Gasteiger partial charge in [-0.05, 0) is 72.2 Å². The van der Waals surface area contributed by atoms with Gasteiger partial charge in [0.05, 0.1) is 26.8 Å². The predicted molar refractivity (Wildman–Crippen MR) is 139 cm³/mol. The van der Waals surface area contributed by atoms with E-state index in [1.54, 1.807) is 21.3 Å². The van der Waals surface area contributed by atoms with E-state index in [0.717, 1.165) is 94.4 Å². The summed E-state index contributed by atoms with van der Waals surface area (Å²) in [5.74, 6) is 2.31. The molecule has 0 aliphatic heterocycles. The minimum absolute atomic E-state index is 0.731. The number of benzene rings is 2. The van der Waals surface area contributed by atoms with Crippen molar-refractivity contribution in [2.75, 3.05) is 21.3 Å². The molecule has 34 heavy (non-hydrogen) atoms. The van der Waals surface area contributed by atoms with Gasteiger partial charge in [-0.3, -0.25) is 9.97 Å². The average molecular weight is 459 g/mol. The first-order chi connectivity index (χ1) is 16.6. The Hall–Kier alpha value is -3.34. The van der Waals surface area contributed by atoms with Crippen LogP contribution >= 0.6 is 0 Å². The van der Waals surface area contributed by atoms with Crippen LogP contribution in [-0.4, -0.2) is 31.3 Å². The second kappa shape index (κ2) is 10.7. The molecule has 5 nitrogen and oxygen atoms in total. The largest absolute Gasteiger partial charge is 0.497 e. The number of aromatic nitrogens is 2. The first kappa shape index (κ1) is 23.8. The normalized spacial score (nSPS) is 11.2. The van der Waals surface area contributed by atoms with E-state index in [9.17, 15) is 0 Å². The molecule has 4 rings (SSSR count). The van der Waals surface area contributed by atoms with Gasteiger partial charge in [0.15, 0.2) is 11.5 Å². The van der Waals surface area contributed by atoms with E-state index in [1.165, 1.54) is 5.56 Å². The molecule has 0 aliphatic carbocycles. The Balaban J connectivity index is 1.87. The van der Waals surface area contributed by atoms with E-state index in [4.69, 9.17) is 24.2 Å². The van der Waals surface area contributed by atoms with Gasteiger partial charge in [0, 0.05) is 34.8 Å². The number of ether oxygens (including phenoxy) is 3. The van der Waals surface area contributed by atoms with Crippen LogP contribution in [0.5, 0.6) is 17.2 Å². The van der Waals surface area contributed by atoms with E-state index in [2.05, 4.69) is 38.1 Å². The highest BCUT2D eigenvalue weighted by Gasteiger charge is 2.16. The zero-order valence-electron chi connectivity index (χ0n) is 20.9. The molecule has 2 aromatic heterocycles. The first-order valence-electron chi connectivity index (χ1n) is 12.1. The van der Waals surface area contributed by atoms with Gasteiger partial charge in [0.1, 0.15) is 5.75 Å². The lowest BCUT2D eigenvalue weighted by Gasteiger charge is -2.16. The predicted octanol–water partition coefficient (Wildman–Crippen LogP) is 6.69. The number of aryl methyl sites for hydroxylation is 2. The van der Waals surface area contributed by atoms with E-state index in [-0.39, 0.29) is 0 Å². The fourth-order valence-corrected chi connectivity index (χ4v) is 4.54. The Morgan fingerprint density at radius 1 is 0.735 bits per heavy atom. The van der Waals surface area contributed by atoms with Gasteiger partial charge in [0.25, 0.3) is 0 Å². The SMILES string of the molecule is CCCCc1nc2ccc(OC)cc2cc1Cc1cnc(CCC)c2cc(OC)c(OC)cc12. The molecule has 4 aromatic rings. The zero-order valence-corrected chi connectivity index (χ0v) is 20.9. The van der Waals surface area contributed by atoms with Crippen LogP contribution in [0.3, 0.4) is 0 Å². The minimum Gasteiger partial charge on any atom is -0.497 e. The zero-order chi connectivity index (χ0) is 24.1. The van der Waals surface area contributed by atoms with Crippen molar-refractivity contribution in [3.05, 3.63) is 65.1 Å². The maximum Gasteiger partial charge on any atom is 0.161 e. The number of hydrogen-bond acceptors (Lipinski definition) is 5. The summed E-state index contributed by atoms with van der Waals surface area (Å²) < 4.78 is 16.7. The highest BCUT2D eigenvalue weighted by atomic mass is 16.5. The molecule has 178 valence electrons. The van der Waals surface area contributed by atoms with Crippen molar-refractivity contribution >= 4 is 21.7 Å². The van der Waals surface area contributed by atoms with Crippen LogP contribution < -0.4 is 14.2 Å². The first-order valence-corrected chi connectivity index (χ1v) is 12.1. The molecule has 0 N–H and O–H groups in total. The average Bonchev–Trinajstić information content (AvgIpc) is 2.87. The lowest BCUT2D eigenvalue weighted by Crippen LogP contribution is -2.03. The summed E-state index contributed by atoms with van der Waals surface area (Å²) in [6.07, 6.45) is 7.95. The fourth-order valence-electron chi connectivity index (χ4n) is 4.54. The summed E-state index contributed by atoms with van der Waals surface area (Å²) >= 11 is 0. The minimum atomic E-state index is 0.731. The lowest BCUT2D eigenvalue weighted by atomic mass is 9.95. The van der Waals surface area contributed by atoms with Gasteiger partial charge in [-0.2, -0.15) is 0 Å². The Kier molecular flexibility index (Phi) is 7.51. The highest BCUT2D eigenvalue weighted by molar-refractivity contribution is 5.91. The number of pyridine rings is 2. The second-order valence-corrected chi connectivity index (χ2v) is 8.67. The molecule has 0 atom stereocenters. The van der Waals surface area contributed by atoms with Crippen LogP contribution in [0, 0.1) is 0 Å². The molecule has 0 amide bonds. The van der Waals surface area contributed by atoms with Gasteiger partial charge in [-0.15, -0.1) is 0 Å². The Bertz CT molecular complexity index is 1300. The summed E-state index contributed by atoms with van der Waals surface area (Å²) in [5.41, 5.74) is 5.65. The Morgan fingerprint density at radius 2 is 1.50 bits per heavy atom. The number of rotatable bonds is 10. The van der Waals surface area contributed by atoms with Crippen molar-refractivity contribution in [1.29, 1.82) is 0 Å². The van der Waals surface area contributed by atoms with Crippen molar-refractivity contribution < 1.29 is 14.2 Å². The lowest BCUT2D eigenvalue weighted by molar-refractivity contribution is 0.356. The van der Waals surface area contributed by atoms with Gasteiger partial charge < -0.3 is 14.2 Å². The number of methoxy groups -OCH3 is 3. The van der Waals surface area contributed by atoms with Gasteiger partial charge in [-0.1, -0.05) is 26.7 Å². The third-order valence-electron chi connectivity index (χ3n) is 6.38. The van der Waals surface area contributed by atoms with Crippen LogP contribution in [0.15, 0.2) is 42.6 Å². The summed E-state index contributed by atoms with van der Waals surface area (Å²) in [7, 11) is 5.05. The standard InChI is InChI=1S/C29H34N2O3/c1-6-8-10-25-19(13-20-15-22(32-3)11-12-26(20)31-25)14-21-18-30-27(9-7-2)24-17-29(34-5)28(33-4)16-23(21)24/h11-13,15-18H,6-10,14H2,1-5H3. The monoisotopic (exact) mass is 458 g/mol. The number of unbranched alkanes of at least 4 members (excludes halogenated alkanes) is 1. The van der Waals surface area contributed by atoms with Crippen molar-refractivity contribution in [2.45, 2.75) is 52.4 Å². The molecule has 0 unspecified atom stereocenters. The summed E-state index contributed by atoms with van der Waals surface area (Å²) in [6.45, 7) is 4.40. The summed E-state index contributed by atoms with van der Waals surface area (Å²) in [6, 6.07) is 12.5. The third kappa shape index (κ3) is 4.79. The maximum absolute atomic E-state index is 5.64. The van der Waals surface area contributed by atoms with Crippen molar-refractivity contribution in [3.63, 3.8) is 0 Å². The Morgan fingerprint density at radius 3 is 2.18 bits per heavy atom. The van der Waals surface area contributed by atoms with Crippen LogP contribution in [0.25, 0.3) is 21.7 Å². The third-order valence-corrected chi connectivity index (χ3v) is 6.38. The maximum atomic E-state index is 5.64. The van der Waals surface area contributed by atoms with Gasteiger partial charge in [0.2, 0.25) is 0 Å². The molecule has 2 heterocycles. The summed E-state index contributed by atoms with van der Waals surface area (Å²) in [5, 5.41) is 3.37. The van der Waals surface area contributed by atoms with Crippen LogP contribution in [0.4, 0.5) is 0 Å². The fraction of sp³-hybridized carbons (Fsp3) is 0.379. The highest BCUT2D eigenvalue weighted by Crippen LogP contribution is 2.36. The van der Waals surface area contributed by atoms with Crippen molar-refractivity contribution in [3.8, 4) is 17.2 Å². The van der Waals surface area contributed by atoms with Crippen LogP contribution in [-0.2, 0) is 19.3 Å². The molecule has 5 heteroatoms. The molecule has 2 aromatic carbocycles. The van der Waals surface area contributed by atoms with E-state index >= 15 is 0 Å². The van der Waals surface area contributed by atoms with E-state index in [0.29, 0.717) is 0 Å². The van der Waals surface area contributed by atoms with E-state index in [1.807, 2.05) is 18.3 Å². The van der Waals surface area contributed by atoms with Crippen LogP contribution in [0.1, 0.15) is 55.6 Å². The molecular formula is C29H34N2O3. The molecule has 0 spiro atoms. The van der Waals surface area contributed by atoms with Gasteiger partial charge in [-0.25, -0.2) is 0 Å². The van der Waals surface area contributed by atoms with Crippen molar-refractivity contribution in [2.24, 2.45) is 0 Å². The number of nitrogens with zero attached hydrogens (tertiary/aromatic N) is 2. The quantitative estimate of drug-likeness (QED) is 0.265. The van der Waals surface area contributed by atoms with Crippen LogP contribution in [0.2, 0.25) is 0 Å². The van der Waals surface area contributed by atoms with E-state index < -0.39 is 0 Å². The molecule has 0 fully saturated rings. The smallest absolute Gasteiger partial charge is 0.161 e. The van der Waals surface area contributed by atoms with Gasteiger partial charge >= 0.3 is 0 Å². The molecule has 0 saturated carbocycles.